The van der Waals surface area contributed by atoms with E-state index in [4.69, 9.17) is 0 Å². The number of hydrogen-bond donors (Lipinski definition) is 0. The van der Waals surface area contributed by atoms with Gasteiger partial charge in [-0.05, 0) is 38.0 Å². The molecule has 54 valence electrons. The largest absolute Gasteiger partial charge is 0.258 e. The second-order valence-electron chi connectivity index (χ2n) is 2.61. The molecule has 0 fully saturated rings. The van der Waals surface area contributed by atoms with E-state index in [1.54, 1.807) is 0 Å². The maximum absolute atomic E-state index is 4.28. The Kier molecular flexibility index (Phi) is 2.05. The highest BCUT2D eigenvalue weighted by molar-refractivity contribution is 5.19. The molecule has 0 saturated carbocycles. The first-order valence-electron chi connectivity index (χ1n) is 3.66. The highest BCUT2D eigenvalue weighted by Gasteiger charge is 1.92. The monoisotopic (exact) mass is 135 g/mol. The fourth-order valence-electron chi connectivity index (χ4n) is 1.13. The normalized spacial score (nSPS) is 9.90. The van der Waals surface area contributed by atoms with Crippen LogP contribution >= 0.6 is 0 Å². The van der Waals surface area contributed by atoms with Crippen molar-refractivity contribution >= 4 is 0 Å². The SMILES string of the molecule is CCc1cc(C)nc(C)c1. The van der Waals surface area contributed by atoms with Gasteiger partial charge in [-0.15, -0.1) is 0 Å². The van der Waals surface area contributed by atoms with Gasteiger partial charge < -0.3 is 0 Å². The third-order valence-electron chi connectivity index (χ3n) is 1.55. The lowest BCUT2D eigenvalue weighted by atomic mass is 10.1. The maximum atomic E-state index is 4.28. The molecule has 0 saturated heterocycles. The van der Waals surface area contributed by atoms with Gasteiger partial charge in [-0.25, -0.2) is 0 Å². The summed E-state index contributed by atoms with van der Waals surface area (Å²) in [6.45, 7) is 6.23. The van der Waals surface area contributed by atoms with Crippen molar-refractivity contribution in [2.24, 2.45) is 0 Å². The molecule has 0 aliphatic heterocycles. The van der Waals surface area contributed by atoms with Crippen LogP contribution < -0.4 is 0 Å². The van der Waals surface area contributed by atoms with Gasteiger partial charge in [0.2, 0.25) is 0 Å². The number of hydrogen-bond acceptors (Lipinski definition) is 1. The predicted molar refractivity (Wildman–Crippen MR) is 43.1 cm³/mol. The number of aryl methyl sites for hydroxylation is 3. The molecule has 1 rings (SSSR count). The smallest absolute Gasteiger partial charge is 0.0378 e. The molecule has 1 heterocycles. The quantitative estimate of drug-likeness (QED) is 0.575. The molecule has 0 aromatic carbocycles. The average Bonchev–Trinajstić information content (AvgIpc) is 1.85. The summed E-state index contributed by atoms with van der Waals surface area (Å²) < 4.78 is 0. The van der Waals surface area contributed by atoms with E-state index in [0.29, 0.717) is 0 Å². The fourth-order valence-corrected chi connectivity index (χ4v) is 1.13. The maximum Gasteiger partial charge on any atom is 0.0378 e. The second kappa shape index (κ2) is 2.82. The Morgan fingerprint density at radius 3 is 2.10 bits per heavy atom. The van der Waals surface area contributed by atoms with Crippen molar-refractivity contribution in [2.75, 3.05) is 0 Å². The Morgan fingerprint density at radius 2 is 1.70 bits per heavy atom. The first-order valence-corrected chi connectivity index (χ1v) is 3.66. The van der Waals surface area contributed by atoms with Gasteiger partial charge in [0.1, 0.15) is 0 Å². The third-order valence-corrected chi connectivity index (χ3v) is 1.55. The zero-order valence-electron chi connectivity index (χ0n) is 6.81. The van der Waals surface area contributed by atoms with Crippen LogP contribution in [0.1, 0.15) is 23.9 Å². The fraction of sp³-hybridized carbons (Fsp3) is 0.444. The molecular formula is C9H13N. The molecule has 0 N–H and O–H groups in total. The van der Waals surface area contributed by atoms with Crippen LogP contribution in [0.25, 0.3) is 0 Å². The van der Waals surface area contributed by atoms with Gasteiger partial charge in [0.25, 0.3) is 0 Å². The summed E-state index contributed by atoms with van der Waals surface area (Å²) in [6, 6.07) is 4.26. The zero-order valence-corrected chi connectivity index (χ0v) is 6.81. The highest BCUT2D eigenvalue weighted by Crippen LogP contribution is 2.04. The highest BCUT2D eigenvalue weighted by atomic mass is 14.7. The van der Waals surface area contributed by atoms with Crippen molar-refractivity contribution in [2.45, 2.75) is 27.2 Å². The predicted octanol–water partition coefficient (Wildman–Crippen LogP) is 2.26. The molecular weight excluding hydrogens is 122 g/mol. The molecule has 1 heteroatoms. The number of aromatic nitrogens is 1. The Labute approximate surface area is 62.1 Å². The Bertz CT molecular complexity index is 208. The van der Waals surface area contributed by atoms with Gasteiger partial charge in [-0.1, -0.05) is 6.92 Å². The summed E-state index contributed by atoms with van der Waals surface area (Å²) in [5, 5.41) is 0. The summed E-state index contributed by atoms with van der Waals surface area (Å²) >= 11 is 0. The Morgan fingerprint density at radius 1 is 1.20 bits per heavy atom. The lowest BCUT2D eigenvalue weighted by Gasteiger charge is -1.99. The standard InChI is InChI=1S/C9H13N/c1-4-9-5-7(2)10-8(3)6-9/h5-6H,4H2,1-3H3. The van der Waals surface area contributed by atoms with Gasteiger partial charge in [-0.3, -0.25) is 4.98 Å². The number of nitrogens with zero attached hydrogens (tertiary/aromatic N) is 1. The molecule has 1 aromatic heterocycles. The molecule has 0 atom stereocenters. The third kappa shape index (κ3) is 1.56. The van der Waals surface area contributed by atoms with E-state index in [9.17, 15) is 0 Å². The molecule has 0 bridgehead atoms. The van der Waals surface area contributed by atoms with Gasteiger partial charge >= 0.3 is 0 Å². The van der Waals surface area contributed by atoms with E-state index < -0.39 is 0 Å². The van der Waals surface area contributed by atoms with Crippen molar-refractivity contribution in [3.8, 4) is 0 Å². The van der Waals surface area contributed by atoms with E-state index in [1.165, 1.54) is 5.56 Å². The first kappa shape index (κ1) is 7.26. The summed E-state index contributed by atoms with van der Waals surface area (Å²) in [5.41, 5.74) is 3.62. The molecule has 1 aromatic rings. The lowest BCUT2D eigenvalue weighted by molar-refractivity contribution is 1.05. The molecule has 0 unspecified atom stereocenters. The molecule has 0 spiro atoms. The van der Waals surface area contributed by atoms with Gasteiger partial charge in [0.15, 0.2) is 0 Å². The van der Waals surface area contributed by atoms with E-state index in [1.807, 2.05) is 13.8 Å². The summed E-state index contributed by atoms with van der Waals surface area (Å²) in [5.74, 6) is 0. The molecule has 0 aliphatic carbocycles. The van der Waals surface area contributed by atoms with Gasteiger partial charge in [0.05, 0.1) is 0 Å². The first-order chi connectivity index (χ1) is 4.72. The van der Waals surface area contributed by atoms with Gasteiger partial charge in [-0.2, -0.15) is 0 Å². The summed E-state index contributed by atoms with van der Waals surface area (Å²) in [6.07, 6.45) is 1.10. The Balaban J connectivity index is 3.06. The van der Waals surface area contributed by atoms with Crippen LogP contribution in [0.2, 0.25) is 0 Å². The van der Waals surface area contributed by atoms with Crippen molar-refractivity contribution in [1.29, 1.82) is 0 Å². The van der Waals surface area contributed by atoms with Crippen LogP contribution in [-0.2, 0) is 6.42 Å². The lowest BCUT2D eigenvalue weighted by Crippen LogP contribution is -1.89. The van der Waals surface area contributed by atoms with Crippen LogP contribution in [0.3, 0.4) is 0 Å². The molecule has 10 heavy (non-hydrogen) atoms. The van der Waals surface area contributed by atoms with E-state index in [0.717, 1.165) is 17.8 Å². The zero-order chi connectivity index (χ0) is 7.56. The number of rotatable bonds is 1. The van der Waals surface area contributed by atoms with Crippen molar-refractivity contribution in [3.63, 3.8) is 0 Å². The Hall–Kier alpha value is -0.850. The van der Waals surface area contributed by atoms with E-state index in [2.05, 4.69) is 24.0 Å². The molecule has 0 aliphatic rings. The number of pyridine rings is 1. The summed E-state index contributed by atoms with van der Waals surface area (Å²) in [4.78, 5) is 4.28. The van der Waals surface area contributed by atoms with E-state index >= 15 is 0 Å². The molecule has 1 nitrogen and oxygen atoms in total. The molecule has 0 radical (unpaired) electrons. The topological polar surface area (TPSA) is 12.9 Å². The summed E-state index contributed by atoms with van der Waals surface area (Å²) in [7, 11) is 0. The minimum Gasteiger partial charge on any atom is -0.258 e. The van der Waals surface area contributed by atoms with E-state index in [-0.39, 0.29) is 0 Å². The van der Waals surface area contributed by atoms with Crippen LogP contribution in [0.5, 0.6) is 0 Å². The van der Waals surface area contributed by atoms with Crippen molar-refractivity contribution < 1.29 is 0 Å². The second-order valence-corrected chi connectivity index (χ2v) is 2.61. The van der Waals surface area contributed by atoms with Crippen LogP contribution in [0.15, 0.2) is 12.1 Å². The van der Waals surface area contributed by atoms with Crippen molar-refractivity contribution in [3.05, 3.63) is 29.1 Å². The van der Waals surface area contributed by atoms with Crippen molar-refractivity contribution in [1.82, 2.24) is 4.98 Å². The minimum absolute atomic E-state index is 1.10. The van der Waals surface area contributed by atoms with Crippen LogP contribution in [0, 0.1) is 13.8 Å². The molecule has 0 amide bonds. The van der Waals surface area contributed by atoms with Gasteiger partial charge in [0, 0.05) is 11.4 Å². The average molecular weight is 135 g/mol. The minimum atomic E-state index is 1.10. The van der Waals surface area contributed by atoms with Crippen LogP contribution in [0.4, 0.5) is 0 Å². The van der Waals surface area contributed by atoms with Crippen LogP contribution in [-0.4, -0.2) is 4.98 Å².